The van der Waals surface area contributed by atoms with Crippen LogP contribution in [0.5, 0.6) is 5.75 Å². The van der Waals surface area contributed by atoms with Gasteiger partial charge >= 0.3 is 12.4 Å². The molecule has 0 saturated carbocycles. The van der Waals surface area contributed by atoms with Gasteiger partial charge in [-0.25, -0.2) is 8.78 Å². The number of pyridine rings is 1. The minimum Gasteiger partial charge on any atom is -0.483 e. The van der Waals surface area contributed by atoms with Crippen molar-refractivity contribution in [2.75, 3.05) is 13.1 Å². The van der Waals surface area contributed by atoms with Gasteiger partial charge < -0.3 is 9.84 Å². The summed E-state index contributed by atoms with van der Waals surface area (Å²) >= 11 is 0. The second-order valence-electron chi connectivity index (χ2n) is 9.63. The van der Waals surface area contributed by atoms with Gasteiger partial charge in [0, 0.05) is 31.4 Å². The molecule has 0 unspecified atom stereocenters. The topological polar surface area (TPSA) is 45.6 Å². The van der Waals surface area contributed by atoms with Crippen LogP contribution < -0.4 is 4.74 Å². The van der Waals surface area contributed by atoms with Crippen LogP contribution in [0.3, 0.4) is 0 Å². The van der Waals surface area contributed by atoms with Gasteiger partial charge in [-0.1, -0.05) is 24.3 Å². The van der Waals surface area contributed by atoms with Gasteiger partial charge in [-0.05, 0) is 47.7 Å². The molecule has 2 aliphatic heterocycles. The first-order valence-electron chi connectivity index (χ1n) is 11.5. The summed E-state index contributed by atoms with van der Waals surface area (Å²) in [6, 6.07) is 6.13. The highest BCUT2D eigenvalue weighted by atomic mass is 19.4. The molecular formula is C26H20F8N2O2. The first-order valence-corrected chi connectivity index (χ1v) is 11.5. The van der Waals surface area contributed by atoms with Crippen molar-refractivity contribution in [3.63, 3.8) is 0 Å². The zero-order chi connectivity index (χ0) is 27.5. The maximum absolute atomic E-state index is 14.9. The van der Waals surface area contributed by atoms with Crippen LogP contribution in [-0.4, -0.2) is 46.0 Å². The zero-order valence-electron chi connectivity index (χ0n) is 19.5. The molecule has 1 aromatic heterocycles. The van der Waals surface area contributed by atoms with E-state index >= 15 is 0 Å². The SMILES string of the molecule is OC(c1ccc(-c2c(F)cc(CN3CC4(CCc5ccncc5O4)C3)cc2F)cc1)(C(F)(F)F)C(F)(F)F. The van der Waals surface area contributed by atoms with E-state index in [9.17, 15) is 40.2 Å². The molecule has 0 radical (unpaired) electrons. The normalized spacial score (nSPS) is 17.6. The number of ether oxygens (including phenoxy) is 1. The van der Waals surface area contributed by atoms with E-state index in [2.05, 4.69) is 4.98 Å². The molecule has 0 aliphatic carbocycles. The third-order valence-electron chi connectivity index (χ3n) is 6.99. The number of aromatic nitrogens is 1. The lowest BCUT2D eigenvalue weighted by Crippen LogP contribution is -2.65. The second kappa shape index (κ2) is 8.91. The number of halogens is 8. The van der Waals surface area contributed by atoms with Crippen molar-refractivity contribution in [2.24, 2.45) is 0 Å². The number of hydrogen-bond acceptors (Lipinski definition) is 4. The summed E-state index contributed by atoms with van der Waals surface area (Å²) < 4.78 is 114. The van der Waals surface area contributed by atoms with Crippen LogP contribution in [0.25, 0.3) is 11.1 Å². The number of alkyl halides is 6. The number of aryl methyl sites for hydroxylation is 1. The highest BCUT2D eigenvalue weighted by Gasteiger charge is 2.71. The molecule has 2 aliphatic rings. The van der Waals surface area contributed by atoms with Crippen molar-refractivity contribution < 1.29 is 45.0 Å². The van der Waals surface area contributed by atoms with Crippen LogP contribution >= 0.6 is 0 Å². The fourth-order valence-electron chi connectivity index (χ4n) is 5.07. The Hall–Kier alpha value is -3.25. The Labute approximate surface area is 211 Å². The van der Waals surface area contributed by atoms with Gasteiger partial charge in [0.1, 0.15) is 23.0 Å². The molecule has 1 N–H and O–H groups in total. The van der Waals surface area contributed by atoms with Gasteiger partial charge in [-0.2, -0.15) is 26.3 Å². The van der Waals surface area contributed by atoms with Gasteiger partial charge in [-0.15, -0.1) is 0 Å². The van der Waals surface area contributed by atoms with E-state index in [0.717, 1.165) is 36.3 Å². The maximum atomic E-state index is 14.9. The van der Waals surface area contributed by atoms with Crippen molar-refractivity contribution in [1.29, 1.82) is 0 Å². The van der Waals surface area contributed by atoms with E-state index in [-0.39, 0.29) is 12.1 Å². The smallest absolute Gasteiger partial charge is 0.430 e. The Bertz CT molecular complexity index is 1310. The van der Waals surface area contributed by atoms with E-state index < -0.39 is 46.3 Å². The molecule has 5 rings (SSSR count). The van der Waals surface area contributed by atoms with Crippen LogP contribution in [0.2, 0.25) is 0 Å². The molecule has 2 aromatic carbocycles. The molecule has 3 aromatic rings. The predicted octanol–water partition coefficient (Wildman–Crippen LogP) is 5.92. The summed E-state index contributed by atoms with van der Waals surface area (Å²) in [6.45, 7) is 1.28. The van der Waals surface area contributed by atoms with Crippen molar-refractivity contribution >= 4 is 0 Å². The quantitative estimate of drug-likeness (QED) is 0.415. The summed E-state index contributed by atoms with van der Waals surface area (Å²) in [5.74, 6) is -1.34. The lowest BCUT2D eigenvalue weighted by Gasteiger charge is -2.51. The van der Waals surface area contributed by atoms with Gasteiger partial charge in [0.15, 0.2) is 0 Å². The predicted molar refractivity (Wildman–Crippen MR) is 119 cm³/mol. The number of aliphatic hydroxyl groups is 1. The number of likely N-dealkylation sites (tertiary alicyclic amines) is 1. The first kappa shape index (κ1) is 26.4. The molecule has 1 saturated heterocycles. The summed E-state index contributed by atoms with van der Waals surface area (Å²) in [4.78, 5) is 6.01. The number of nitrogens with zero attached hydrogens (tertiary/aromatic N) is 2. The largest absolute Gasteiger partial charge is 0.483 e. The van der Waals surface area contributed by atoms with Crippen LogP contribution in [0.15, 0.2) is 54.9 Å². The van der Waals surface area contributed by atoms with Crippen LogP contribution in [0.4, 0.5) is 35.1 Å². The Kier molecular flexibility index (Phi) is 6.18. The van der Waals surface area contributed by atoms with E-state index in [1.54, 1.807) is 12.4 Å². The van der Waals surface area contributed by atoms with Gasteiger partial charge in [0.25, 0.3) is 5.60 Å². The third kappa shape index (κ3) is 4.39. The Morgan fingerprint density at radius 2 is 1.53 bits per heavy atom. The Morgan fingerprint density at radius 3 is 2.11 bits per heavy atom. The minimum atomic E-state index is -6.07. The van der Waals surface area contributed by atoms with Gasteiger partial charge in [0.2, 0.25) is 0 Å². The monoisotopic (exact) mass is 544 g/mol. The standard InChI is InChI=1S/C26H20F8N2O2/c27-19-9-15(12-36-13-23(14-36)7-5-16-6-8-35-11-21(16)38-23)10-20(28)22(19)17-1-3-18(4-2-17)24(37,25(29,30)31)26(32,33)34/h1-4,6,8-11,37H,5,7,12-14H2. The number of hydrogen-bond donors (Lipinski definition) is 1. The molecule has 1 spiro atoms. The summed E-state index contributed by atoms with van der Waals surface area (Å²) in [6.07, 6.45) is -7.17. The van der Waals surface area contributed by atoms with Crippen LogP contribution in [0, 0.1) is 11.6 Å². The number of benzene rings is 2. The third-order valence-corrected chi connectivity index (χ3v) is 6.99. The molecule has 4 nitrogen and oxygen atoms in total. The van der Waals surface area contributed by atoms with Crippen LogP contribution in [0.1, 0.15) is 23.1 Å². The molecule has 0 amide bonds. The maximum Gasteiger partial charge on any atom is 0.430 e. The first-order chi connectivity index (χ1) is 17.7. The number of rotatable bonds is 4. The molecule has 38 heavy (non-hydrogen) atoms. The zero-order valence-corrected chi connectivity index (χ0v) is 19.5. The molecule has 202 valence electrons. The van der Waals surface area contributed by atoms with Crippen molar-refractivity contribution in [1.82, 2.24) is 9.88 Å². The Balaban J connectivity index is 1.31. The van der Waals surface area contributed by atoms with Gasteiger partial charge in [-0.3, -0.25) is 9.88 Å². The second-order valence-corrected chi connectivity index (χ2v) is 9.63. The highest BCUT2D eigenvalue weighted by Crippen LogP contribution is 2.50. The summed E-state index contributed by atoms with van der Waals surface area (Å²) in [5, 5.41) is 9.50. The van der Waals surface area contributed by atoms with E-state index in [0.29, 0.717) is 42.9 Å². The molecular weight excluding hydrogens is 524 g/mol. The van der Waals surface area contributed by atoms with E-state index in [1.807, 2.05) is 11.0 Å². The minimum absolute atomic E-state index is 0.211. The average molecular weight is 544 g/mol. The highest BCUT2D eigenvalue weighted by molar-refractivity contribution is 5.66. The lowest BCUT2D eigenvalue weighted by molar-refractivity contribution is -0.376. The van der Waals surface area contributed by atoms with Crippen molar-refractivity contribution in [3.05, 3.63) is 83.2 Å². The number of fused-ring (bicyclic) bond motifs is 1. The fraction of sp³-hybridized carbons (Fsp3) is 0.346. The van der Waals surface area contributed by atoms with Crippen molar-refractivity contribution in [2.45, 2.75) is 42.9 Å². The molecule has 0 bridgehead atoms. The lowest BCUT2D eigenvalue weighted by atomic mass is 9.84. The molecule has 3 heterocycles. The summed E-state index contributed by atoms with van der Waals surface area (Å²) in [7, 11) is 0. The van der Waals surface area contributed by atoms with Crippen LogP contribution in [-0.2, 0) is 18.6 Å². The van der Waals surface area contributed by atoms with E-state index in [4.69, 9.17) is 4.74 Å². The molecule has 12 heteroatoms. The fourth-order valence-corrected chi connectivity index (χ4v) is 5.07. The molecule has 0 atom stereocenters. The summed E-state index contributed by atoms with van der Waals surface area (Å²) in [5.41, 5.74) is -6.57. The molecule has 1 fully saturated rings. The average Bonchev–Trinajstić information content (AvgIpc) is 2.81. The van der Waals surface area contributed by atoms with E-state index in [1.165, 1.54) is 0 Å². The van der Waals surface area contributed by atoms with Gasteiger partial charge in [0.05, 0.1) is 11.8 Å². The Morgan fingerprint density at radius 1 is 0.921 bits per heavy atom. The van der Waals surface area contributed by atoms with Crippen molar-refractivity contribution in [3.8, 4) is 16.9 Å².